The van der Waals surface area contributed by atoms with E-state index < -0.39 is 27.7 Å². The number of hydrogen-bond donors (Lipinski definition) is 2. The average molecular weight is 278 g/mol. The van der Waals surface area contributed by atoms with Crippen LogP contribution >= 0.6 is 11.6 Å². The van der Waals surface area contributed by atoms with Gasteiger partial charge in [0.15, 0.2) is 9.84 Å². The lowest BCUT2D eigenvalue weighted by Gasteiger charge is -2.22. The summed E-state index contributed by atoms with van der Waals surface area (Å²) >= 11 is 5.82. The van der Waals surface area contributed by atoms with Crippen molar-refractivity contribution in [1.29, 1.82) is 0 Å². The number of nitrogens with two attached hydrogens (primary N) is 1. The monoisotopic (exact) mass is 277 g/mol. The predicted molar refractivity (Wildman–Crippen MR) is 68.7 cm³/mol. The number of rotatable bonds is 5. The molecular weight excluding hydrogens is 262 g/mol. The number of benzene rings is 1. The number of halogens is 1. The van der Waals surface area contributed by atoms with Gasteiger partial charge in [-0.05, 0) is 17.7 Å². The highest BCUT2D eigenvalue weighted by Crippen LogP contribution is 2.22. The summed E-state index contributed by atoms with van der Waals surface area (Å²) in [7, 11) is -3.39. The maximum atomic E-state index is 11.8. The molecule has 4 nitrogen and oxygen atoms in total. The molecule has 1 aromatic carbocycles. The van der Waals surface area contributed by atoms with Gasteiger partial charge in [-0.25, -0.2) is 8.42 Å². The lowest BCUT2D eigenvalue weighted by atomic mass is 10.1. The first kappa shape index (κ1) is 14.4. The second-order valence-corrected chi connectivity index (χ2v) is 6.70. The van der Waals surface area contributed by atoms with Gasteiger partial charge in [0.05, 0.1) is 6.61 Å². The fourth-order valence-corrected chi connectivity index (χ4v) is 3.05. The van der Waals surface area contributed by atoms with E-state index in [4.69, 9.17) is 17.3 Å². The number of aliphatic hydroxyl groups is 1. The highest BCUT2D eigenvalue weighted by Gasteiger charge is 2.30. The first-order valence-electron chi connectivity index (χ1n) is 5.25. The molecule has 0 bridgehead atoms. The molecule has 1 rings (SSSR count). The van der Waals surface area contributed by atoms with E-state index in [1.165, 1.54) is 6.92 Å². The third-order valence-electron chi connectivity index (χ3n) is 2.68. The number of hydrogen-bond acceptors (Lipinski definition) is 4. The molecule has 0 saturated heterocycles. The second kappa shape index (κ2) is 5.82. The van der Waals surface area contributed by atoms with Gasteiger partial charge in [-0.3, -0.25) is 0 Å². The number of aliphatic hydroxyl groups excluding tert-OH is 1. The SMILES string of the molecule is CCS(=O)(=O)[C@H](CO)[C@H](N)c1cccc(Cl)c1. The smallest absolute Gasteiger partial charge is 0.157 e. The summed E-state index contributed by atoms with van der Waals surface area (Å²) in [6, 6.07) is 5.92. The Morgan fingerprint density at radius 1 is 1.47 bits per heavy atom. The Hall–Kier alpha value is -0.620. The molecule has 6 heteroatoms. The van der Waals surface area contributed by atoms with Gasteiger partial charge in [-0.15, -0.1) is 0 Å². The van der Waals surface area contributed by atoms with Gasteiger partial charge in [0, 0.05) is 16.8 Å². The van der Waals surface area contributed by atoms with E-state index in [1.807, 2.05) is 0 Å². The highest BCUT2D eigenvalue weighted by molar-refractivity contribution is 7.92. The van der Waals surface area contributed by atoms with E-state index in [2.05, 4.69) is 0 Å². The van der Waals surface area contributed by atoms with E-state index >= 15 is 0 Å². The van der Waals surface area contributed by atoms with Crippen LogP contribution in [0.2, 0.25) is 5.02 Å². The standard InChI is InChI=1S/C11H16ClNO3S/c1-2-17(15,16)10(7-14)11(13)8-4-3-5-9(12)6-8/h3-6,10-11,14H,2,7,13H2,1H3/t10-,11-/m1/s1. The molecule has 0 heterocycles. The zero-order chi connectivity index (χ0) is 13.1. The summed E-state index contributed by atoms with van der Waals surface area (Å²) in [5.41, 5.74) is 6.49. The molecule has 2 atom stereocenters. The molecule has 0 aliphatic rings. The van der Waals surface area contributed by atoms with Crippen molar-refractivity contribution in [3.05, 3.63) is 34.9 Å². The minimum Gasteiger partial charge on any atom is -0.395 e. The Morgan fingerprint density at radius 2 is 2.12 bits per heavy atom. The Kier molecular flexibility index (Phi) is 4.94. The maximum Gasteiger partial charge on any atom is 0.157 e. The molecule has 0 fully saturated rings. The van der Waals surface area contributed by atoms with Crippen LogP contribution in [-0.4, -0.2) is 31.1 Å². The van der Waals surface area contributed by atoms with Crippen LogP contribution in [0, 0.1) is 0 Å². The third-order valence-corrected chi connectivity index (χ3v) is 5.08. The molecular formula is C11H16ClNO3S. The summed E-state index contributed by atoms with van der Waals surface area (Å²) in [4.78, 5) is 0. The van der Waals surface area contributed by atoms with E-state index in [-0.39, 0.29) is 5.75 Å². The van der Waals surface area contributed by atoms with Crippen molar-refractivity contribution in [2.24, 2.45) is 5.73 Å². The van der Waals surface area contributed by atoms with Crippen molar-refractivity contribution in [2.75, 3.05) is 12.4 Å². The normalized spacial score (nSPS) is 15.5. The fraction of sp³-hybridized carbons (Fsp3) is 0.455. The van der Waals surface area contributed by atoms with Crippen molar-refractivity contribution < 1.29 is 13.5 Å². The molecule has 0 aromatic heterocycles. The van der Waals surface area contributed by atoms with Crippen LogP contribution in [0.3, 0.4) is 0 Å². The molecule has 17 heavy (non-hydrogen) atoms. The van der Waals surface area contributed by atoms with E-state index in [0.717, 1.165) is 0 Å². The molecule has 0 aliphatic carbocycles. The largest absolute Gasteiger partial charge is 0.395 e. The second-order valence-electron chi connectivity index (χ2n) is 3.75. The summed E-state index contributed by atoms with van der Waals surface area (Å²) in [6.07, 6.45) is 0. The van der Waals surface area contributed by atoms with Gasteiger partial charge in [0.25, 0.3) is 0 Å². The quantitative estimate of drug-likeness (QED) is 0.846. The number of sulfone groups is 1. The topological polar surface area (TPSA) is 80.4 Å². The predicted octanol–water partition coefficient (Wildman–Crippen LogP) is 1.14. The molecule has 1 aromatic rings. The van der Waals surface area contributed by atoms with Crippen molar-refractivity contribution in [2.45, 2.75) is 18.2 Å². The molecule has 0 saturated carbocycles. The Labute approximate surface area is 106 Å². The molecule has 0 radical (unpaired) electrons. The molecule has 0 aliphatic heterocycles. The minimum absolute atomic E-state index is 0.0491. The highest BCUT2D eigenvalue weighted by atomic mass is 35.5. The van der Waals surface area contributed by atoms with E-state index in [0.29, 0.717) is 10.6 Å². The van der Waals surface area contributed by atoms with Gasteiger partial charge in [0.1, 0.15) is 5.25 Å². The van der Waals surface area contributed by atoms with Gasteiger partial charge >= 0.3 is 0 Å². The molecule has 0 unspecified atom stereocenters. The van der Waals surface area contributed by atoms with Crippen LogP contribution in [0.5, 0.6) is 0 Å². The summed E-state index contributed by atoms with van der Waals surface area (Å²) in [5.74, 6) is -0.0491. The van der Waals surface area contributed by atoms with Crippen molar-refractivity contribution in [3.63, 3.8) is 0 Å². The van der Waals surface area contributed by atoms with Crippen molar-refractivity contribution >= 4 is 21.4 Å². The molecule has 0 spiro atoms. The van der Waals surface area contributed by atoms with Gasteiger partial charge in [-0.1, -0.05) is 30.7 Å². The minimum atomic E-state index is -3.39. The van der Waals surface area contributed by atoms with Gasteiger partial charge in [-0.2, -0.15) is 0 Å². The fourth-order valence-electron chi connectivity index (χ4n) is 1.59. The maximum absolute atomic E-state index is 11.8. The Bertz CT molecular complexity index is 475. The van der Waals surface area contributed by atoms with E-state index in [1.54, 1.807) is 24.3 Å². The zero-order valence-electron chi connectivity index (χ0n) is 9.51. The third kappa shape index (κ3) is 3.42. The van der Waals surface area contributed by atoms with Gasteiger partial charge < -0.3 is 10.8 Å². The first-order valence-corrected chi connectivity index (χ1v) is 7.35. The average Bonchev–Trinajstić information content (AvgIpc) is 2.29. The van der Waals surface area contributed by atoms with Crippen LogP contribution in [0.1, 0.15) is 18.5 Å². The van der Waals surface area contributed by atoms with Crippen LogP contribution in [-0.2, 0) is 9.84 Å². The van der Waals surface area contributed by atoms with Gasteiger partial charge in [0.2, 0.25) is 0 Å². The molecule has 0 amide bonds. The van der Waals surface area contributed by atoms with Crippen LogP contribution < -0.4 is 5.73 Å². The zero-order valence-corrected chi connectivity index (χ0v) is 11.1. The summed E-state index contributed by atoms with van der Waals surface area (Å²) in [6.45, 7) is 1.03. The van der Waals surface area contributed by atoms with Crippen LogP contribution in [0.4, 0.5) is 0 Å². The summed E-state index contributed by atoms with van der Waals surface area (Å²) in [5, 5.41) is 8.70. The lowest BCUT2D eigenvalue weighted by Crippen LogP contribution is -2.37. The van der Waals surface area contributed by atoms with Crippen molar-refractivity contribution in [3.8, 4) is 0 Å². The lowest BCUT2D eigenvalue weighted by molar-refractivity contribution is 0.277. The molecule has 96 valence electrons. The van der Waals surface area contributed by atoms with Crippen LogP contribution in [0.15, 0.2) is 24.3 Å². The van der Waals surface area contributed by atoms with Crippen molar-refractivity contribution in [1.82, 2.24) is 0 Å². The molecule has 3 N–H and O–H groups in total. The Balaban J connectivity index is 3.06. The van der Waals surface area contributed by atoms with E-state index in [9.17, 15) is 13.5 Å². The summed E-state index contributed by atoms with van der Waals surface area (Å²) < 4.78 is 23.5. The Morgan fingerprint density at radius 3 is 2.59 bits per heavy atom. The van der Waals surface area contributed by atoms with Crippen LogP contribution in [0.25, 0.3) is 0 Å². The first-order chi connectivity index (χ1) is 7.92.